The molecule has 112 valence electrons. The Labute approximate surface area is 129 Å². The molecule has 0 fully saturated rings. The van der Waals surface area contributed by atoms with Gasteiger partial charge in [0.25, 0.3) is 0 Å². The summed E-state index contributed by atoms with van der Waals surface area (Å²) in [5.41, 5.74) is 0.114. The van der Waals surface area contributed by atoms with Crippen LogP contribution in [0.5, 0.6) is 0 Å². The van der Waals surface area contributed by atoms with Gasteiger partial charge in [-0.3, -0.25) is 0 Å². The average molecular weight is 317 g/mol. The molecule has 1 aromatic carbocycles. The van der Waals surface area contributed by atoms with Crippen molar-refractivity contribution < 1.29 is 9.90 Å². The van der Waals surface area contributed by atoms with Gasteiger partial charge in [0.05, 0.1) is 5.60 Å². The van der Waals surface area contributed by atoms with Gasteiger partial charge in [0.15, 0.2) is 0 Å². The minimum Gasteiger partial charge on any atom is -0.387 e. The van der Waals surface area contributed by atoms with Crippen molar-refractivity contribution in [3.63, 3.8) is 0 Å². The molecule has 0 aliphatic carbocycles. The van der Waals surface area contributed by atoms with Crippen LogP contribution in [0.3, 0.4) is 0 Å². The topological polar surface area (TPSA) is 61.4 Å². The molecule has 0 radical (unpaired) electrons. The molecular formula is C14H21ClN2O2S. The molecule has 3 N–H and O–H groups in total. The summed E-state index contributed by atoms with van der Waals surface area (Å²) in [7, 11) is 0. The van der Waals surface area contributed by atoms with Crippen molar-refractivity contribution >= 4 is 29.4 Å². The van der Waals surface area contributed by atoms with Crippen molar-refractivity contribution in [1.29, 1.82) is 0 Å². The van der Waals surface area contributed by atoms with E-state index < -0.39 is 5.60 Å². The Bertz CT molecular complexity index is 441. The molecule has 1 rings (SSSR count). The van der Waals surface area contributed by atoms with E-state index in [4.69, 9.17) is 11.6 Å². The summed E-state index contributed by atoms with van der Waals surface area (Å²) < 4.78 is 0. The van der Waals surface area contributed by atoms with E-state index in [9.17, 15) is 9.90 Å². The van der Waals surface area contributed by atoms with Gasteiger partial charge in [-0.2, -0.15) is 11.8 Å². The summed E-state index contributed by atoms with van der Waals surface area (Å²) in [6.07, 6.45) is 2.59. The van der Waals surface area contributed by atoms with Crippen LogP contribution < -0.4 is 10.6 Å². The minimum atomic E-state index is -0.889. The number of nitrogens with one attached hydrogen (secondary N) is 2. The first-order chi connectivity index (χ1) is 9.44. The van der Waals surface area contributed by atoms with Gasteiger partial charge in [0.1, 0.15) is 0 Å². The van der Waals surface area contributed by atoms with Crippen molar-refractivity contribution in [1.82, 2.24) is 10.6 Å². The largest absolute Gasteiger partial charge is 0.387 e. The summed E-state index contributed by atoms with van der Waals surface area (Å²) in [5, 5.41) is 16.0. The number of aliphatic hydroxyl groups is 1. The fourth-order valence-corrected chi connectivity index (χ4v) is 2.66. The van der Waals surface area contributed by atoms with Gasteiger partial charge in [0.2, 0.25) is 0 Å². The third-order valence-corrected chi connectivity index (χ3v) is 4.00. The molecule has 0 heterocycles. The first kappa shape index (κ1) is 17.1. The maximum Gasteiger partial charge on any atom is 0.314 e. The molecule has 0 saturated carbocycles. The number of halogens is 1. The second-order valence-electron chi connectivity index (χ2n) is 4.88. The highest BCUT2D eigenvalue weighted by Crippen LogP contribution is 2.14. The zero-order valence-electron chi connectivity index (χ0n) is 11.8. The zero-order chi connectivity index (χ0) is 15.0. The Morgan fingerprint density at radius 3 is 2.75 bits per heavy atom. The highest BCUT2D eigenvalue weighted by molar-refractivity contribution is 7.98. The SMILES string of the molecule is CSCC(C)(O)CNC(=O)NCCc1ccccc1Cl. The molecule has 1 aromatic rings. The van der Waals surface area contributed by atoms with Gasteiger partial charge >= 0.3 is 6.03 Å². The lowest BCUT2D eigenvalue weighted by atomic mass is 10.1. The second-order valence-corrected chi connectivity index (χ2v) is 6.15. The Hall–Kier alpha value is -0.910. The molecule has 1 atom stereocenters. The Kier molecular flexibility index (Phi) is 7.19. The van der Waals surface area contributed by atoms with Crippen molar-refractivity contribution in [2.75, 3.05) is 25.1 Å². The standard InChI is InChI=1S/C14H21ClN2O2S/c1-14(19,10-20-2)9-17-13(18)16-8-7-11-5-3-4-6-12(11)15/h3-6,19H,7-10H2,1-2H3,(H2,16,17,18). The lowest BCUT2D eigenvalue weighted by Crippen LogP contribution is -2.46. The summed E-state index contributed by atoms with van der Waals surface area (Å²) in [4.78, 5) is 11.6. The summed E-state index contributed by atoms with van der Waals surface area (Å²) in [6, 6.07) is 7.28. The van der Waals surface area contributed by atoms with E-state index in [0.29, 0.717) is 23.7 Å². The first-order valence-electron chi connectivity index (χ1n) is 6.41. The number of carbonyl (C=O) groups is 1. The first-order valence-corrected chi connectivity index (χ1v) is 8.18. The smallest absolute Gasteiger partial charge is 0.314 e. The monoisotopic (exact) mass is 316 g/mol. The average Bonchev–Trinajstić information content (AvgIpc) is 2.39. The molecular weight excluding hydrogens is 296 g/mol. The van der Waals surface area contributed by atoms with Crippen molar-refractivity contribution in [2.24, 2.45) is 0 Å². The summed E-state index contributed by atoms with van der Waals surface area (Å²) >= 11 is 7.57. The van der Waals surface area contributed by atoms with Crippen molar-refractivity contribution in [2.45, 2.75) is 18.9 Å². The third kappa shape index (κ3) is 6.50. The predicted octanol–water partition coefficient (Wildman–Crippen LogP) is 2.30. The van der Waals surface area contributed by atoms with Gasteiger partial charge in [0, 0.05) is 23.9 Å². The number of urea groups is 1. The van der Waals surface area contributed by atoms with Crippen LogP contribution >= 0.6 is 23.4 Å². The van der Waals surface area contributed by atoms with E-state index >= 15 is 0 Å². The van der Waals surface area contributed by atoms with Crippen molar-refractivity contribution in [3.05, 3.63) is 34.9 Å². The van der Waals surface area contributed by atoms with Crippen LogP contribution in [0.25, 0.3) is 0 Å². The lowest BCUT2D eigenvalue weighted by molar-refractivity contribution is 0.0869. The Balaban J connectivity index is 2.26. The molecule has 0 bridgehead atoms. The van der Waals surface area contributed by atoms with Crippen LogP contribution in [0, 0.1) is 0 Å². The van der Waals surface area contributed by atoms with Gasteiger partial charge in [-0.05, 0) is 31.2 Å². The molecule has 2 amide bonds. The molecule has 0 aliphatic rings. The number of benzene rings is 1. The maximum atomic E-state index is 11.6. The van der Waals surface area contributed by atoms with E-state index in [1.54, 1.807) is 18.7 Å². The minimum absolute atomic E-state index is 0.228. The summed E-state index contributed by atoms with van der Waals surface area (Å²) in [5.74, 6) is 0.576. The van der Waals surface area contributed by atoms with Crippen LogP contribution in [0.15, 0.2) is 24.3 Å². The third-order valence-electron chi connectivity index (χ3n) is 2.72. The van der Waals surface area contributed by atoms with E-state index in [2.05, 4.69) is 10.6 Å². The van der Waals surface area contributed by atoms with Gasteiger partial charge in [-0.25, -0.2) is 4.79 Å². The number of amides is 2. The van der Waals surface area contributed by atoms with Crippen LogP contribution in [-0.2, 0) is 6.42 Å². The molecule has 4 nitrogen and oxygen atoms in total. The van der Waals surface area contributed by atoms with E-state index in [0.717, 1.165) is 5.56 Å². The van der Waals surface area contributed by atoms with Crippen LogP contribution in [0.1, 0.15) is 12.5 Å². The van der Waals surface area contributed by atoms with Gasteiger partial charge < -0.3 is 15.7 Å². The Morgan fingerprint density at radius 2 is 2.10 bits per heavy atom. The second kappa shape index (κ2) is 8.39. The number of hydrogen-bond acceptors (Lipinski definition) is 3. The van der Waals surface area contributed by atoms with Gasteiger partial charge in [-0.1, -0.05) is 29.8 Å². The number of rotatable bonds is 7. The maximum absolute atomic E-state index is 11.6. The quantitative estimate of drug-likeness (QED) is 0.723. The lowest BCUT2D eigenvalue weighted by Gasteiger charge is -2.22. The normalized spacial score (nSPS) is 13.6. The molecule has 20 heavy (non-hydrogen) atoms. The van der Waals surface area contributed by atoms with Crippen LogP contribution in [0.4, 0.5) is 4.79 Å². The molecule has 0 saturated heterocycles. The van der Waals surface area contributed by atoms with Crippen LogP contribution in [-0.4, -0.2) is 41.8 Å². The fourth-order valence-electron chi connectivity index (χ4n) is 1.71. The molecule has 1 unspecified atom stereocenters. The molecule has 0 aliphatic heterocycles. The predicted molar refractivity (Wildman–Crippen MR) is 85.6 cm³/mol. The fraction of sp³-hybridized carbons (Fsp3) is 0.500. The zero-order valence-corrected chi connectivity index (χ0v) is 13.4. The molecule has 0 aromatic heterocycles. The molecule has 6 heteroatoms. The van der Waals surface area contributed by atoms with Gasteiger partial charge in [-0.15, -0.1) is 0 Å². The highest BCUT2D eigenvalue weighted by Gasteiger charge is 2.20. The van der Waals surface area contributed by atoms with E-state index in [-0.39, 0.29) is 12.6 Å². The van der Waals surface area contributed by atoms with E-state index in [1.165, 1.54) is 0 Å². The van der Waals surface area contributed by atoms with Crippen molar-refractivity contribution in [3.8, 4) is 0 Å². The van der Waals surface area contributed by atoms with E-state index in [1.807, 2.05) is 30.5 Å². The number of hydrogen-bond donors (Lipinski definition) is 3. The summed E-state index contributed by atoms with van der Waals surface area (Å²) in [6.45, 7) is 2.43. The number of thioether (sulfide) groups is 1. The van der Waals surface area contributed by atoms with Crippen LogP contribution in [0.2, 0.25) is 5.02 Å². The highest BCUT2D eigenvalue weighted by atomic mass is 35.5. The molecule has 0 spiro atoms. The Morgan fingerprint density at radius 1 is 1.40 bits per heavy atom. The number of carbonyl (C=O) groups excluding carboxylic acids is 1.